The van der Waals surface area contributed by atoms with Crippen molar-refractivity contribution in [2.45, 2.75) is 19.4 Å². The molecule has 0 aliphatic rings. The number of benzene rings is 2. The Labute approximate surface area is 183 Å². The van der Waals surface area contributed by atoms with E-state index in [1.54, 1.807) is 36.4 Å². The minimum Gasteiger partial charge on any atom is -0.361 e. The molecule has 4 rings (SSSR count). The largest absolute Gasteiger partial charge is 0.361 e. The molecule has 156 valence electrons. The van der Waals surface area contributed by atoms with Crippen LogP contribution in [-0.2, 0) is 11.2 Å². The number of Topliss-reactive ketones (excluding diaryl/α,β-unsaturated/α-hetero) is 1. The Hall–Kier alpha value is -3.71. The average Bonchev–Trinajstić information content (AvgIpc) is 3.44. The third kappa shape index (κ3) is 4.73. The van der Waals surface area contributed by atoms with Crippen molar-refractivity contribution < 1.29 is 14.4 Å². The van der Waals surface area contributed by atoms with Crippen LogP contribution in [0.1, 0.15) is 32.5 Å². The van der Waals surface area contributed by atoms with Gasteiger partial charge >= 0.3 is 0 Å². The fourth-order valence-electron chi connectivity index (χ4n) is 3.41. The number of hydrogen-bond acceptors (Lipinski definition) is 4. The number of para-hydroxylation sites is 1. The lowest BCUT2D eigenvalue weighted by Crippen LogP contribution is -2.45. The number of aromatic amines is 1. The summed E-state index contributed by atoms with van der Waals surface area (Å²) >= 11 is 1.32. The number of rotatable bonds is 7. The average molecular weight is 432 g/mol. The number of hydrogen-bond donors (Lipinski definition) is 3. The van der Waals surface area contributed by atoms with Gasteiger partial charge in [-0.25, -0.2) is 0 Å². The topological polar surface area (TPSA) is 91.1 Å². The number of ketones is 1. The molecule has 2 amide bonds. The van der Waals surface area contributed by atoms with Crippen molar-refractivity contribution in [3.8, 4) is 0 Å². The van der Waals surface area contributed by atoms with E-state index in [0.29, 0.717) is 22.5 Å². The molecule has 0 bridgehead atoms. The third-order valence-corrected chi connectivity index (χ3v) is 5.87. The summed E-state index contributed by atoms with van der Waals surface area (Å²) in [4.78, 5) is 41.2. The van der Waals surface area contributed by atoms with Crippen LogP contribution in [0.5, 0.6) is 0 Å². The summed E-state index contributed by atoms with van der Waals surface area (Å²) in [6.45, 7) is 1.47. The van der Waals surface area contributed by atoms with Gasteiger partial charge in [0.25, 0.3) is 5.91 Å². The fourth-order valence-corrected chi connectivity index (χ4v) is 4.04. The zero-order valence-electron chi connectivity index (χ0n) is 16.8. The van der Waals surface area contributed by atoms with Gasteiger partial charge < -0.3 is 15.6 Å². The van der Waals surface area contributed by atoms with Crippen molar-refractivity contribution in [3.63, 3.8) is 0 Å². The van der Waals surface area contributed by atoms with Crippen molar-refractivity contribution in [1.82, 2.24) is 10.3 Å². The zero-order chi connectivity index (χ0) is 21.8. The molecule has 0 aliphatic heterocycles. The van der Waals surface area contributed by atoms with Crippen LogP contribution in [0.25, 0.3) is 10.9 Å². The zero-order valence-corrected chi connectivity index (χ0v) is 17.7. The molecule has 0 fully saturated rings. The smallest absolute Gasteiger partial charge is 0.262 e. The quantitative estimate of drug-likeness (QED) is 0.379. The minimum atomic E-state index is -0.796. The molecule has 0 radical (unpaired) electrons. The second-order valence-electron chi connectivity index (χ2n) is 7.19. The molecule has 0 saturated carbocycles. The van der Waals surface area contributed by atoms with Gasteiger partial charge in [-0.1, -0.05) is 36.4 Å². The van der Waals surface area contributed by atoms with Gasteiger partial charge in [0.05, 0.1) is 4.88 Å². The van der Waals surface area contributed by atoms with Crippen molar-refractivity contribution in [1.29, 1.82) is 0 Å². The van der Waals surface area contributed by atoms with Gasteiger partial charge in [0.1, 0.15) is 6.04 Å². The normalized spacial score (nSPS) is 11.8. The van der Waals surface area contributed by atoms with E-state index in [-0.39, 0.29) is 17.6 Å². The van der Waals surface area contributed by atoms with Crippen molar-refractivity contribution >= 4 is 45.5 Å². The molecule has 2 heterocycles. The summed E-state index contributed by atoms with van der Waals surface area (Å²) < 4.78 is 0. The molecule has 2 aromatic heterocycles. The molecule has 3 N–H and O–H groups in total. The molecule has 0 spiro atoms. The van der Waals surface area contributed by atoms with Crippen LogP contribution in [0, 0.1) is 0 Å². The summed E-state index contributed by atoms with van der Waals surface area (Å²) in [5, 5.41) is 8.51. The highest BCUT2D eigenvalue weighted by atomic mass is 32.1. The predicted molar refractivity (Wildman–Crippen MR) is 123 cm³/mol. The van der Waals surface area contributed by atoms with E-state index in [2.05, 4.69) is 15.6 Å². The van der Waals surface area contributed by atoms with Gasteiger partial charge in [0.2, 0.25) is 5.91 Å². The van der Waals surface area contributed by atoms with Crippen LogP contribution in [0.3, 0.4) is 0 Å². The van der Waals surface area contributed by atoms with Crippen molar-refractivity contribution in [2.75, 3.05) is 5.32 Å². The molecular formula is C24H21N3O3S. The first-order valence-electron chi connectivity index (χ1n) is 9.82. The maximum atomic E-state index is 13.1. The highest BCUT2D eigenvalue weighted by Gasteiger charge is 2.24. The van der Waals surface area contributed by atoms with Gasteiger partial charge in [0, 0.05) is 34.8 Å². The molecule has 0 saturated heterocycles. The SMILES string of the molecule is CC(=O)c1cccc(NC(=O)[C@H](Cc2c[nH]c3ccccc23)NC(=O)c2cccs2)c1. The number of amides is 2. The molecule has 4 aromatic rings. The van der Waals surface area contributed by atoms with Crippen LogP contribution < -0.4 is 10.6 Å². The number of H-pyrrole nitrogens is 1. The first-order chi connectivity index (χ1) is 15.0. The van der Waals surface area contributed by atoms with Crippen LogP contribution in [0.2, 0.25) is 0 Å². The predicted octanol–water partition coefficient (Wildman–Crippen LogP) is 4.41. The lowest BCUT2D eigenvalue weighted by molar-refractivity contribution is -0.118. The number of thiophene rings is 1. The number of carbonyl (C=O) groups is 3. The number of anilines is 1. The molecule has 6 nitrogen and oxygen atoms in total. The summed E-state index contributed by atoms with van der Waals surface area (Å²) in [6.07, 6.45) is 2.18. The maximum absolute atomic E-state index is 13.1. The van der Waals surface area contributed by atoms with Crippen LogP contribution in [-0.4, -0.2) is 28.6 Å². The van der Waals surface area contributed by atoms with Crippen LogP contribution in [0.15, 0.2) is 72.2 Å². The van der Waals surface area contributed by atoms with Crippen LogP contribution in [0.4, 0.5) is 5.69 Å². The van der Waals surface area contributed by atoms with E-state index in [0.717, 1.165) is 16.5 Å². The number of fused-ring (bicyclic) bond motifs is 1. The Balaban J connectivity index is 1.59. The fraction of sp³-hybridized carbons (Fsp3) is 0.125. The Morgan fingerprint density at radius 2 is 1.87 bits per heavy atom. The Morgan fingerprint density at radius 3 is 2.65 bits per heavy atom. The Morgan fingerprint density at radius 1 is 1.03 bits per heavy atom. The second kappa shape index (κ2) is 8.97. The number of aromatic nitrogens is 1. The second-order valence-corrected chi connectivity index (χ2v) is 8.14. The lowest BCUT2D eigenvalue weighted by atomic mass is 10.0. The van der Waals surface area contributed by atoms with Crippen molar-refractivity contribution in [3.05, 3.63) is 88.2 Å². The Kier molecular flexibility index (Phi) is 5.95. The summed E-state index contributed by atoms with van der Waals surface area (Å²) in [7, 11) is 0. The molecule has 31 heavy (non-hydrogen) atoms. The summed E-state index contributed by atoms with van der Waals surface area (Å²) in [5.74, 6) is -0.735. The third-order valence-electron chi connectivity index (χ3n) is 5.00. The lowest BCUT2D eigenvalue weighted by Gasteiger charge is -2.18. The van der Waals surface area contributed by atoms with E-state index in [1.165, 1.54) is 18.3 Å². The minimum absolute atomic E-state index is 0.0857. The molecule has 0 unspecified atom stereocenters. The Bertz CT molecular complexity index is 1240. The van der Waals surface area contributed by atoms with Gasteiger partial charge in [-0.3, -0.25) is 14.4 Å². The molecule has 2 aromatic carbocycles. The highest BCUT2D eigenvalue weighted by molar-refractivity contribution is 7.12. The molecule has 0 aliphatic carbocycles. The van der Waals surface area contributed by atoms with Crippen LogP contribution >= 0.6 is 11.3 Å². The summed E-state index contributed by atoms with van der Waals surface area (Å²) in [6, 6.07) is 17.3. The van der Waals surface area contributed by atoms with E-state index in [9.17, 15) is 14.4 Å². The van der Waals surface area contributed by atoms with E-state index in [1.807, 2.05) is 35.8 Å². The first kappa shape index (κ1) is 20.6. The standard InChI is InChI=1S/C24H21N3O3S/c1-15(28)16-6-4-7-18(12-16)26-23(29)21(27-24(30)22-10-5-11-31-22)13-17-14-25-20-9-3-2-8-19(17)20/h2-12,14,21,25H,13H2,1H3,(H,26,29)(H,27,30)/t21-/m0/s1. The van der Waals surface area contributed by atoms with Gasteiger partial charge in [-0.15, -0.1) is 11.3 Å². The van der Waals surface area contributed by atoms with Gasteiger partial charge in [-0.2, -0.15) is 0 Å². The van der Waals surface area contributed by atoms with E-state index < -0.39 is 6.04 Å². The van der Waals surface area contributed by atoms with Gasteiger partial charge in [-0.05, 0) is 42.1 Å². The number of nitrogens with one attached hydrogen (secondary N) is 3. The van der Waals surface area contributed by atoms with Crippen molar-refractivity contribution in [2.24, 2.45) is 0 Å². The maximum Gasteiger partial charge on any atom is 0.262 e. The molecule has 1 atom stereocenters. The number of carbonyl (C=O) groups excluding carboxylic acids is 3. The monoisotopic (exact) mass is 431 g/mol. The van der Waals surface area contributed by atoms with E-state index in [4.69, 9.17) is 0 Å². The van der Waals surface area contributed by atoms with E-state index >= 15 is 0 Å². The first-order valence-corrected chi connectivity index (χ1v) is 10.7. The highest BCUT2D eigenvalue weighted by Crippen LogP contribution is 2.20. The summed E-state index contributed by atoms with van der Waals surface area (Å²) in [5.41, 5.74) is 2.91. The molecular weight excluding hydrogens is 410 g/mol. The molecule has 7 heteroatoms. The van der Waals surface area contributed by atoms with Gasteiger partial charge in [0.15, 0.2) is 5.78 Å².